The molecule has 86 valence electrons. The summed E-state index contributed by atoms with van der Waals surface area (Å²) in [6.07, 6.45) is 6.83. The highest BCUT2D eigenvalue weighted by Gasteiger charge is 2.03. The molecule has 0 amide bonds. The van der Waals surface area contributed by atoms with E-state index < -0.39 is 0 Å². The van der Waals surface area contributed by atoms with Crippen LogP contribution < -0.4 is 0 Å². The van der Waals surface area contributed by atoms with Crippen molar-refractivity contribution >= 4 is 23.6 Å². The van der Waals surface area contributed by atoms with E-state index in [1.54, 1.807) is 30.0 Å². The lowest BCUT2D eigenvalue weighted by molar-refractivity contribution is 0.102. The van der Waals surface area contributed by atoms with E-state index in [1.165, 1.54) is 17.2 Å². The van der Waals surface area contributed by atoms with Gasteiger partial charge in [0.2, 0.25) is 5.78 Å². The van der Waals surface area contributed by atoms with Gasteiger partial charge in [0, 0.05) is 4.90 Å². The second kappa shape index (κ2) is 5.55. The van der Waals surface area contributed by atoms with Crippen molar-refractivity contribution in [3.8, 4) is 0 Å². The lowest BCUT2D eigenvalue weighted by atomic mass is 10.2. The number of rotatable bonds is 4. The van der Waals surface area contributed by atoms with E-state index >= 15 is 0 Å². The van der Waals surface area contributed by atoms with Crippen LogP contribution in [0.1, 0.15) is 16.1 Å². The number of thioether (sulfide) groups is 1. The maximum Gasteiger partial charge on any atom is 0.221 e. The van der Waals surface area contributed by atoms with Crippen LogP contribution in [0.5, 0.6) is 0 Å². The Morgan fingerprint density at radius 1 is 1.24 bits per heavy atom. The molecular weight excluding hydrogens is 232 g/mol. The van der Waals surface area contributed by atoms with Crippen LogP contribution >= 0.6 is 11.8 Å². The van der Waals surface area contributed by atoms with Crippen molar-refractivity contribution in [2.24, 2.45) is 0 Å². The number of carbonyl (C=O) groups is 1. The van der Waals surface area contributed by atoms with E-state index in [-0.39, 0.29) is 5.78 Å². The van der Waals surface area contributed by atoms with E-state index in [2.05, 4.69) is 0 Å². The smallest absolute Gasteiger partial charge is 0.221 e. The van der Waals surface area contributed by atoms with Gasteiger partial charge < -0.3 is 4.42 Å². The van der Waals surface area contributed by atoms with E-state index in [0.29, 0.717) is 5.76 Å². The summed E-state index contributed by atoms with van der Waals surface area (Å²) >= 11 is 1.69. The predicted octanol–water partition coefficient (Wildman–Crippen LogP) is 3.90. The van der Waals surface area contributed by atoms with E-state index in [9.17, 15) is 4.79 Å². The minimum Gasteiger partial charge on any atom is -0.461 e. The molecule has 1 aromatic heterocycles. The molecular formula is C14H12O2S. The number of carbonyl (C=O) groups excluding carboxylic acids is 1. The van der Waals surface area contributed by atoms with Crippen molar-refractivity contribution < 1.29 is 9.21 Å². The Morgan fingerprint density at radius 3 is 2.59 bits per heavy atom. The Balaban J connectivity index is 2.07. The Labute approximate surface area is 104 Å². The largest absolute Gasteiger partial charge is 0.461 e. The van der Waals surface area contributed by atoms with Gasteiger partial charge in [0.25, 0.3) is 0 Å². The van der Waals surface area contributed by atoms with E-state index in [4.69, 9.17) is 4.42 Å². The van der Waals surface area contributed by atoms with Gasteiger partial charge in [-0.2, -0.15) is 0 Å². The molecule has 3 heteroatoms. The molecule has 0 radical (unpaired) electrons. The summed E-state index contributed by atoms with van der Waals surface area (Å²) in [6, 6.07) is 11.4. The van der Waals surface area contributed by atoms with Gasteiger partial charge in [0.1, 0.15) is 0 Å². The monoisotopic (exact) mass is 244 g/mol. The number of ketones is 1. The maximum atomic E-state index is 11.6. The minimum absolute atomic E-state index is 0.121. The zero-order chi connectivity index (χ0) is 12.1. The molecule has 2 nitrogen and oxygen atoms in total. The van der Waals surface area contributed by atoms with Gasteiger partial charge in [-0.05, 0) is 42.2 Å². The third kappa shape index (κ3) is 3.11. The lowest BCUT2D eigenvalue weighted by Crippen LogP contribution is -1.90. The zero-order valence-corrected chi connectivity index (χ0v) is 10.2. The molecule has 0 spiro atoms. The van der Waals surface area contributed by atoms with Crippen molar-refractivity contribution in [1.82, 2.24) is 0 Å². The first kappa shape index (κ1) is 11.7. The Kier molecular flexibility index (Phi) is 3.83. The molecule has 0 N–H and O–H groups in total. The van der Waals surface area contributed by atoms with Gasteiger partial charge in [0.05, 0.1) is 6.26 Å². The molecule has 1 aromatic carbocycles. The fourth-order valence-electron chi connectivity index (χ4n) is 1.39. The first-order valence-corrected chi connectivity index (χ1v) is 6.42. The molecule has 0 aliphatic carbocycles. The van der Waals surface area contributed by atoms with Gasteiger partial charge in [-0.3, -0.25) is 4.79 Å². The third-order valence-electron chi connectivity index (χ3n) is 2.31. The van der Waals surface area contributed by atoms with Crippen LogP contribution in [-0.4, -0.2) is 12.0 Å². The van der Waals surface area contributed by atoms with Gasteiger partial charge in [-0.1, -0.05) is 18.2 Å². The summed E-state index contributed by atoms with van der Waals surface area (Å²) in [5, 5.41) is 0. The van der Waals surface area contributed by atoms with Crippen molar-refractivity contribution in [1.29, 1.82) is 0 Å². The molecule has 0 unspecified atom stereocenters. The summed E-state index contributed by atoms with van der Waals surface area (Å²) in [5.74, 6) is 0.242. The molecule has 0 saturated carbocycles. The van der Waals surface area contributed by atoms with Gasteiger partial charge >= 0.3 is 0 Å². The molecule has 0 atom stereocenters. The number of benzene rings is 1. The molecule has 0 saturated heterocycles. The van der Waals surface area contributed by atoms with Crippen LogP contribution in [0.4, 0.5) is 0 Å². The van der Waals surface area contributed by atoms with E-state index in [1.807, 2.05) is 30.5 Å². The molecule has 0 aliphatic heterocycles. The predicted molar refractivity (Wildman–Crippen MR) is 70.3 cm³/mol. The molecule has 17 heavy (non-hydrogen) atoms. The second-order valence-electron chi connectivity index (χ2n) is 3.45. The Bertz CT molecular complexity index is 510. The zero-order valence-electron chi connectivity index (χ0n) is 9.42. The third-order valence-corrected chi connectivity index (χ3v) is 3.05. The number of furan rings is 1. The summed E-state index contributed by atoms with van der Waals surface area (Å²) < 4.78 is 5.02. The van der Waals surface area contributed by atoms with Crippen molar-refractivity contribution in [2.75, 3.05) is 6.26 Å². The first-order chi connectivity index (χ1) is 8.29. The summed E-state index contributed by atoms with van der Waals surface area (Å²) in [6.45, 7) is 0. The summed E-state index contributed by atoms with van der Waals surface area (Å²) in [5.41, 5.74) is 1.00. The highest BCUT2D eigenvalue weighted by Crippen LogP contribution is 2.15. The maximum absolute atomic E-state index is 11.6. The van der Waals surface area contributed by atoms with Crippen LogP contribution in [0.2, 0.25) is 0 Å². The van der Waals surface area contributed by atoms with Gasteiger partial charge in [0.15, 0.2) is 5.76 Å². The Morgan fingerprint density at radius 2 is 2.00 bits per heavy atom. The summed E-state index contributed by atoms with van der Waals surface area (Å²) in [4.78, 5) is 12.8. The second-order valence-corrected chi connectivity index (χ2v) is 4.33. The van der Waals surface area contributed by atoms with E-state index in [0.717, 1.165) is 5.56 Å². The minimum atomic E-state index is -0.121. The van der Waals surface area contributed by atoms with Crippen molar-refractivity contribution in [2.45, 2.75) is 4.90 Å². The normalized spacial score (nSPS) is 10.9. The van der Waals surface area contributed by atoms with Gasteiger partial charge in [-0.15, -0.1) is 11.8 Å². The summed E-state index contributed by atoms with van der Waals surface area (Å²) in [7, 11) is 0. The molecule has 2 rings (SSSR count). The standard InChI is InChI=1S/C14H12O2S/c1-17-12-7-4-11(5-8-12)6-9-13(15)14-3-2-10-16-14/h2-10H,1H3/b9-6+. The van der Waals surface area contributed by atoms with Crippen molar-refractivity contribution in [3.63, 3.8) is 0 Å². The van der Waals surface area contributed by atoms with Crippen LogP contribution in [0.15, 0.2) is 58.1 Å². The Hall–Kier alpha value is -1.74. The average Bonchev–Trinajstić information content (AvgIpc) is 2.90. The quantitative estimate of drug-likeness (QED) is 0.464. The molecule has 0 fully saturated rings. The molecule has 1 heterocycles. The topological polar surface area (TPSA) is 30.2 Å². The molecule has 0 bridgehead atoms. The van der Waals surface area contributed by atoms with Crippen LogP contribution in [0.3, 0.4) is 0 Å². The molecule has 0 aliphatic rings. The van der Waals surface area contributed by atoms with Crippen LogP contribution in [0, 0.1) is 0 Å². The fraction of sp³-hybridized carbons (Fsp3) is 0.0714. The van der Waals surface area contributed by atoms with Crippen molar-refractivity contribution in [3.05, 3.63) is 60.1 Å². The van der Waals surface area contributed by atoms with Gasteiger partial charge in [-0.25, -0.2) is 0 Å². The average molecular weight is 244 g/mol. The number of allylic oxidation sites excluding steroid dienone is 1. The highest BCUT2D eigenvalue weighted by molar-refractivity contribution is 7.98. The first-order valence-electron chi connectivity index (χ1n) is 5.19. The number of hydrogen-bond donors (Lipinski definition) is 0. The lowest BCUT2D eigenvalue weighted by Gasteiger charge is -1.96. The van der Waals surface area contributed by atoms with Crippen LogP contribution in [-0.2, 0) is 0 Å². The SMILES string of the molecule is CSc1ccc(/C=C/C(=O)c2ccco2)cc1. The molecule has 2 aromatic rings. The highest BCUT2D eigenvalue weighted by atomic mass is 32.2. The van der Waals surface area contributed by atoms with Crippen LogP contribution in [0.25, 0.3) is 6.08 Å². The number of hydrogen-bond acceptors (Lipinski definition) is 3. The fourth-order valence-corrected chi connectivity index (χ4v) is 1.80.